The Morgan fingerprint density at radius 1 is 1.50 bits per heavy atom. The van der Waals surface area contributed by atoms with Crippen molar-refractivity contribution in [3.05, 3.63) is 6.33 Å². The summed E-state index contributed by atoms with van der Waals surface area (Å²) in [6.07, 6.45) is 4.87. The van der Waals surface area contributed by atoms with Crippen molar-refractivity contribution in [3.8, 4) is 0 Å². The molecule has 0 atom stereocenters. The van der Waals surface area contributed by atoms with Gasteiger partial charge in [0, 0.05) is 0 Å². The number of carbonyl (C=O) groups is 1. The summed E-state index contributed by atoms with van der Waals surface area (Å²) in [7, 11) is 0. The summed E-state index contributed by atoms with van der Waals surface area (Å²) >= 11 is 0. The molecule has 76 valence electrons. The van der Waals surface area contributed by atoms with Gasteiger partial charge in [-0.2, -0.15) is 0 Å². The van der Waals surface area contributed by atoms with Gasteiger partial charge in [0.05, 0.1) is 12.0 Å². The second-order valence-corrected chi connectivity index (χ2v) is 3.80. The summed E-state index contributed by atoms with van der Waals surface area (Å²) in [6, 6.07) is 0. The Morgan fingerprint density at radius 2 is 2.21 bits per heavy atom. The Bertz CT molecular complexity index is 316. The fraction of sp³-hybridized carbons (Fsp3) is 0.750. The number of carboxylic acids is 1. The number of aromatic nitrogens is 4. The average molecular weight is 196 g/mol. The third kappa shape index (κ3) is 1.47. The molecule has 0 aromatic carbocycles. The first-order chi connectivity index (χ1) is 6.73. The molecule has 0 bridgehead atoms. The highest BCUT2D eigenvalue weighted by Crippen LogP contribution is 2.39. The fourth-order valence-electron chi connectivity index (χ4n) is 2.05. The molecule has 1 fully saturated rings. The number of carboxylic acid groups (broad SMARTS) is 1. The van der Waals surface area contributed by atoms with Crippen LogP contribution in [-0.4, -0.2) is 31.3 Å². The van der Waals surface area contributed by atoms with Crippen LogP contribution in [0.25, 0.3) is 0 Å². The topological polar surface area (TPSA) is 80.9 Å². The maximum absolute atomic E-state index is 11.2. The number of rotatable bonds is 3. The molecule has 0 spiro atoms. The van der Waals surface area contributed by atoms with Crippen molar-refractivity contribution >= 4 is 5.97 Å². The predicted octanol–water partition coefficient (Wildman–Crippen LogP) is 0.318. The second-order valence-electron chi connectivity index (χ2n) is 3.80. The van der Waals surface area contributed by atoms with E-state index in [0.717, 1.165) is 25.7 Å². The van der Waals surface area contributed by atoms with Crippen LogP contribution in [0, 0.1) is 5.41 Å². The Labute approximate surface area is 80.9 Å². The fourth-order valence-corrected chi connectivity index (χ4v) is 2.05. The van der Waals surface area contributed by atoms with Crippen LogP contribution in [0.2, 0.25) is 0 Å². The summed E-state index contributed by atoms with van der Waals surface area (Å²) in [5.41, 5.74) is -0.643. The van der Waals surface area contributed by atoms with E-state index in [1.165, 1.54) is 11.0 Å². The number of aliphatic carboxylic acids is 1. The van der Waals surface area contributed by atoms with E-state index < -0.39 is 11.4 Å². The van der Waals surface area contributed by atoms with Crippen LogP contribution in [0.4, 0.5) is 0 Å². The lowest BCUT2D eigenvalue weighted by atomic mass is 9.86. The number of tetrazole rings is 1. The van der Waals surface area contributed by atoms with Crippen LogP contribution in [0.3, 0.4) is 0 Å². The lowest BCUT2D eigenvalue weighted by Crippen LogP contribution is -2.33. The molecule has 6 nitrogen and oxygen atoms in total. The molecule has 0 unspecified atom stereocenters. The summed E-state index contributed by atoms with van der Waals surface area (Å²) in [5.74, 6) is -0.731. The predicted molar refractivity (Wildman–Crippen MR) is 46.4 cm³/mol. The van der Waals surface area contributed by atoms with Gasteiger partial charge in [-0.05, 0) is 23.3 Å². The largest absolute Gasteiger partial charge is 0.481 e. The molecule has 1 aromatic rings. The highest BCUT2D eigenvalue weighted by Gasteiger charge is 2.41. The molecule has 1 N–H and O–H groups in total. The molecule has 1 aliphatic carbocycles. The molecule has 1 aromatic heterocycles. The summed E-state index contributed by atoms with van der Waals surface area (Å²) in [5, 5.41) is 19.9. The first kappa shape index (κ1) is 9.11. The minimum atomic E-state index is -0.731. The number of hydrogen-bond acceptors (Lipinski definition) is 4. The molecule has 0 saturated heterocycles. The molecule has 0 radical (unpaired) electrons. The standard InChI is InChI=1S/C8H12N4O2/c13-7(14)8(3-1-2-4-8)5-12-6-9-10-11-12/h6H,1-5H2,(H,13,14). The van der Waals surface area contributed by atoms with E-state index in [9.17, 15) is 9.90 Å². The summed E-state index contributed by atoms with van der Waals surface area (Å²) in [4.78, 5) is 11.2. The number of hydrogen-bond donors (Lipinski definition) is 1. The van der Waals surface area contributed by atoms with E-state index in [4.69, 9.17) is 0 Å². The maximum atomic E-state index is 11.2. The Kier molecular flexibility index (Phi) is 2.18. The third-order valence-electron chi connectivity index (χ3n) is 2.87. The van der Waals surface area contributed by atoms with Crippen LogP contribution >= 0.6 is 0 Å². The molecular weight excluding hydrogens is 184 g/mol. The monoisotopic (exact) mass is 196 g/mol. The average Bonchev–Trinajstić information content (AvgIpc) is 2.76. The van der Waals surface area contributed by atoms with Gasteiger partial charge in [-0.25, -0.2) is 4.68 Å². The van der Waals surface area contributed by atoms with E-state index in [1.807, 2.05) is 0 Å². The second kappa shape index (κ2) is 3.36. The quantitative estimate of drug-likeness (QED) is 0.752. The van der Waals surface area contributed by atoms with Gasteiger partial charge in [0.25, 0.3) is 0 Å². The lowest BCUT2D eigenvalue weighted by molar-refractivity contribution is -0.149. The maximum Gasteiger partial charge on any atom is 0.311 e. The first-order valence-electron chi connectivity index (χ1n) is 4.67. The van der Waals surface area contributed by atoms with Crippen molar-refractivity contribution < 1.29 is 9.90 Å². The zero-order valence-electron chi connectivity index (χ0n) is 7.76. The minimum Gasteiger partial charge on any atom is -0.481 e. The summed E-state index contributed by atoms with van der Waals surface area (Å²) < 4.78 is 1.50. The van der Waals surface area contributed by atoms with Gasteiger partial charge in [-0.1, -0.05) is 12.8 Å². The third-order valence-corrected chi connectivity index (χ3v) is 2.87. The van der Waals surface area contributed by atoms with Crippen molar-refractivity contribution in [2.24, 2.45) is 5.41 Å². The molecule has 0 amide bonds. The van der Waals surface area contributed by atoms with Crippen molar-refractivity contribution in [1.29, 1.82) is 0 Å². The highest BCUT2D eigenvalue weighted by atomic mass is 16.4. The SMILES string of the molecule is O=C(O)C1(Cn2cnnn2)CCCC1. The van der Waals surface area contributed by atoms with E-state index in [0.29, 0.717) is 6.54 Å². The van der Waals surface area contributed by atoms with E-state index >= 15 is 0 Å². The van der Waals surface area contributed by atoms with Crippen molar-refractivity contribution in [1.82, 2.24) is 20.2 Å². The van der Waals surface area contributed by atoms with E-state index in [-0.39, 0.29) is 0 Å². The van der Waals surface area contributed by atoms with Crippen molar-refractivity contribution in [2.45, 2.75) is 32.2 Å². The number of nitrogens with zero attached hydrogens (tertiary/aromatic N) is 4. The van der Waals surface area contributed by atoms with Gasteiger partial charge >= 0.3 is 5.97 Å². The van der Waals surface area contributed by atoms with E-state index in [2.05, 4.69) is 15.5 Å². The Morgan fingerprint density at radius 3 is 2.71 bits per heavy atom. The van der Waals surface area contributed by atoms with Gasteiger partial charge in [0.2, 0.25) is 0 Å². The van der Waals surface area contributed by atoms with Crippen LogP contribution in [-0.2, 0) is 11.3 Å². The van der Waals surface area contributed by atoms with Gasteiger partial charge in [0.1, 0.15) is 6.33 Å². The van der Waals surface area contributed by atoms with Crippen LogP contribution in [0.1, 0.15) is 25.7 Å². The zero-order valence-corrected chi connectivity index (χ0v) is 7.76. The molecule has 2 rings (SSSR count). The molecule has 1 saturated carbocycles. The molecular formula is C8H12N4O2. The van der Waals surface area contributed by atoms with Crippen molar-refractivity contribution in [3.63, 3.8) is 0 Å². The Hall–Kier alpha value is -1.46. The molecule has 1 aliphatic rings. The zero-order chi connectivity index (χ0) is 10.0. The van der Waals surface area contributed by atoms with Crippen LogP contribution in [0.15, 0.2) is 6.33 Å². The first-order valence-corrected chi connectivity index (χ1v) is 4.67. The van der Waals surface area contributed by atoms with Gasteiger partial charge in [0.15, 0.2) is 0 Å². The van der Waals surface area contributed by atoms with Gasteiger partial charge in [-0.15, -0.1) is 5.10 Å². The normalized spacial score (nSPS) is 19.7. The van der Waals surface area contributed by atoms with Gasteiger partial charge < -0.3 is 5.11 Å². The van der Waals surface area contributed by atoms with E-state index in [1.54, 1.807) is 0 Å². The van der Waals surface area contributed by atoms with Crippen molar-refractivity contribution in [2.75, 3.05) is 0 Å². The van der Waals surface area contributed by atoms with Crippen LogP contribution in [0.5, 0.6) is 0 Å². The Balaban J connectivity index is 2.16. The molecule has 1 heterocycles. The molecule has 14 heavy (non-hydrogen) atoms. The lowest BCUT2D eigenvalue weighted by Gasteiger charge is -2.22. The molecule has 0 aliphatic heterocycles. The van der Waals surface area contributed by atoms with Crippen LogP contribution < -0.4 is 0 Å². The summed E-state index contributed by atoms with van der Waals surface area (Å²) in [6.45, 7) is 0.384. The minimum absolute atomic E-state index is 0.384. The smallest absolute Gasteiger partial charge is 0.311 e. The van der Waals surface area contributed by atoms with Gasteiger partial charge in [-0.3, -0.25) is 4.79 Å². The molecule has 6 heteroatoms. The highest BCUT2D eigenvalue weighted by molar-refractivity contribution is 5.74.